The van der Waals surface area contributed by atoms with Gasteiger partial charge in [-0.25, -0.2) is 8.78 Å². The molecule has 1 N–H and O–H groups in total. The molecule has 3 rings (SSSR count). The van der Waals surface area contributed by atoms with Crippen LogP contribution < -0.4 is 5.32 Å². The van der Waals surface area contributed by atoms with E-state index in [1.165, 1.54) is 6.07 Å². The zero-order valence-corrected chi connectivity index (χ0v) is 9.35. The van der Waals surface area contributed by atoms with Gasteiger partial charge in [0.25, 0.3) is 0 Å². The van der Waals surface area contributed by atoms with Gasteiger partial charge in [0.05, 0.1) is 11.1 Å². The predicted molar refractivity (Wildman–Crippen MR) is 59.8 cm³/mol. The molecule has 1 fully saturated rings. The number of halogens is 2. The SMILES string of the molecule is O=C1Nc2c(F)cc(F)cc2C12CCCCC2. The second kappa shape index (κ2) is 3.52. The van der Waals surface area contributed by atoms with Crippen molar-refractivity contribution in [2.75, 3.05) is 5.32 Å². The van der Waals surface area contributed by atoms with Crippen LogP contribution in [-0.4, -0.2) is 5.91 Å². The smallest absolute Gasteiger partial charge is 0.235 e. The van der Waals surface area contributed by atoms with E-state index in [-0.39, 0.29) is 11.6 Å². The van der Waals surface area contributed by atoms with Crippen molar-refractivity contribution in [1.82, 2.24) is 0 Å². The Labute approximate surface area is 98.0 Å². The Morgan fingerprint density at radius 1 is 1.12 bits per heavy atom. The molecule has 0 aromatic heterocycles. The van der Waals surface area contributed by atoms with Crippen LogP contribution in [0.1, 0.15) is 37.7 Å². The number of hydrogen-bond donors (Lipinski definition) is 1. The van der Waals surface area contributed by atoms with E-state index in [2.05, 4.69) is 5.32 Å². The van der Waals surface area contributed by atoms with E-state index >= 15 is 0 Å². The van der Waals surface area contributed by atoms with Crippen LogP contribution in [0.3, 0.4) is 0 Å². The van der Waals surface area contributed by atoms with E-state index < -0.39 is 17.0 Å². The van der Waals surface area contributed by atoms with E-state index in [1.807, 2.05) is 0 Å². The molecule has 1 aromatic carbocycles. The van der Waals surface area contributed by atoms with Crippen molar-refractivity contribution in [3.05, 3.63) is 29.3 Å². The van der Waals surface area contributed by atoms with Gasteiger partial charge in [0.1, 0.15) is 11.6 Å². The number of anilines is 1. The number of fused-ring (bicyclic) bond motifs is 2. The number of carbonyl (C=O) groups is 1. The highest BCUT2D eigenvalue weighted by molar-refractivity contribution is 6.06. The van der Waals surface area contributed by atoms with E-state index in [1.54, 1.807) is 0 Å². The normalized spacial score (nSPS) is 21.4. The average Bonchev–Trinajstić information content (AvgIpc) is 2.56. The van der Waals surface area contributed by atoms with Gasteiger partial charge in [-0.3, -0.25) is 4.79 Å². The summed E-state index contributed by atoms with van der Waals surface area (Å²) in [6.07, 6.45) is 4.33. The van der Waals surface area contributed by atoms with Crippen molar-refractivity contribution >= 4 is 11.6 Å². The number of hydrogen-bond acceptors (Lipinski definition) is 1. The summed E-state index contributed by atoms with van der Waals surface area (Å²) >= 11 is 0. The zero-order valence-electron chi connectivity index (χ0n) is 9.35. The fraction of sp³-hybridized carbons (Fsp3) is 0.462. The van der Waals surface area contributed by atoms with Gasteiger partial charge in [0, 0.05) is 6.07 Å². The van der Waals surface area contributed by atoms with Crippen molar-refractivity contribution in [3.8, 4) is 0 Å². The molecule has 1 aliphatic carbocycles. The number of nitrogens with one attached hydrogen (secondary N) is 1. The molecule has 2 nitrogen and oxygen atoms in total. The molecule has 0 saturated heterocycles. The van der Waals surface area contributed by atoms with E-state index in [0.29, 0.717) is 18.4 Å². The molecule has 17 heavy (non-hydrogen) atoms. The predicted octanol–water partition coefficient (Wildman–Crippen LogP) is 3.12. The zero-order chi connectivity index (χ0) is 12.0. The maximum Gasteiger partial charge on any atom is 0.235 e. The lowest BCUT2D eigenvalue weighted by Crippen LogP contribution is -2.36. The molecule has 0 bridgehead atoms. The second-order valence-corrected chi connectivity index (χ2v) is 4.91. The summed E-state index contributed by atoms with van der Waals surface area (Å²) in [6.45, 7) is 0. The first-order valence-corrected chi connectivity index (χ1v) is 5.94. The first-order chi connectivity index (χ1) is 8.13. The summed E-state index contributed by atoms with van der Waals surface area (Å²) in [6, 6.07) is 2.13. The minimum atomic E-state index is -0.684. The third-order valence-corrected chi connectivity index (χ3v) is 3.95. The third-order valence-electron chi connectivity index (χ3n) is 3.95. The lowest BCUT2D eigenvalue weighted by Gasteiger charge is -2.31. The highest BCUT2D eigenvalue weighted by atomic mass is 19.1. The van der Waals surface area contributed by atoms with Crippen molar-refractivity contribution in [2.45, 2.75) is 37.5 Å². The molecule has 0 radical (unpaired) electrons. The van der Waals surface area contributed by atoms with Gasteiger partial charge in [-0.05, 0) is 24.5 Å². The number of carbonyl (C=O) groups excluding carboxylic acids is 1. The van der Waals surface area contributed by atoms with Gasteiger partial charge in [0.15, 0.2) is 0 Å². The average molecular weight is 237 g/mol. The lowest BCUT2D eigenvalue weighted by atomic mass is 9.70. The van der Waals surface area contributed by atoms with Crippen LogP contribution in [-0.2, 0) is 10.2 Å². The van der Waals surface area contributed by atoms with Crippen LogP contribution in [0.2, 0.25) is 0 Å². The molecule has 4 heteroatoms. The van der Waals surface area contributed by atoms with Gasteiger partial charge in [-0.2, -0.15) is 0 Å². The Morgan fingerprint density at radius 3 is 2.53 bits per heavy atom. The largest absolute Gasteiger partial charge is 0.323 e. The van der Waals surface area contributed by atoms with Crippen molar-refractivity contribution in [3.63, 3.8) is 0 Å². The molecule has 0 atom stereocenters. The Hall–Kier alpha value is -1.45. The lowest BCUT2D eigenvalue weighted by molar-refractivity contribution is -0.121. The van der Waals surface area contributed by atoms with Crippen LogP contribution in [0, 0.1) is 11.6 Å². The fourth-order valence-electron chi connectivity index (χ4n) is 3.09. The highest BCUT2D eigenvalue weighted by Crippen LogP contribution is 2.48. The topological polar surface area (TPSA) is 29.1 Å². The van der Waals surface area contributed by atoms with Crippen LogP contribution in [0.5, 0.6) is 0 Å². The monoisotopic (exact) mass is 237 g/mol. The van der Waals surface area contributed by atoms with Crippen molar-refractivity contribution in [2.24, 2.45) is 0 Å². The highest BCUT2D eigenvalue weighted by Gasteiger charge is 2.48. The minimum absolute atomic E-state index is 0.170. The van der Waals surface area contributed by atoms with Crippen LogP contribution in [0.15, 0.2) is 12.1 Å². The first-order valence-electron chi connectivity index (χ1n) is 5.94. The molecule has 1 amide bonds. The van der Waals surface area contributed by atoms with Gasteiger partial charge < -0.3 is 5.32 Å². The Balaban J connectivity index is 2.18. The van der Waals surface area contributed by atoms with Gasteiger partial charge in [0.2, 0.25) is 5.91 Å². The first kappa shape index (κ1) is 10.7. The van der Waals surface area contributed by atoms with Crippen LogP contribution >= 0.6 is 0 Å². The van der Waals surface area contributed by atoms with Crippen LogP contribution in [0.4, 0.5) is 14.5 Å². The second-order valence-electron chi connectivity index (χ2n) is 4.91. The maximum atomic E-state index is 13.6. The van der Waals surface area contributed by atoms with Crippen molar-refractivity contribution < 1.29 is 13.6 Å². The molecule has 0 unspecified atom stereocenters. The van der Waals surface area contributed by atoms with Crippen LogP contribution in [0.25, 0.3) is 0 Å². The fourth-order valence-corrected chi connectivity index (χ4v) is 3.09. The van der Waals surface area contributed by atoms with E-state index in [9.17, 15) is 13.6 Å². The van der Waals surface area contributed by atoms with Gasteiger partial charge in [-0.15, -0.1) is 0 Å². The third kappa shape index (κ3) is 1.39. The summed E-state index contributed by atoms with van der Waals surface area (Å²) in [5, 5.41) is 2.57. The molecule has 1 heterocycles. The molecule has 2 aliphatic rings. The number of amides is 1. The Kier molecular flexibility index (Phi) is 2.21. The molecule has 1 saturated carbocycles. The quantitative estimate of drug-likeness (QED) is 0.738. The molecular formula is C13H13F2NO. The molecule has 1 aromatic rings. The number of rotatable bonds is 0. The summed E-state index contributed by atoms with van der Waals surface area (Å²) in [5.41, 5.74) is 0.00859. The summed E-state index contributed by atoms with van der Waals surface area (Å²) < 4.78 is 26.9. The molecule has 1 aliphatic heterocycles. The van der Waals surface area contributed by atoms with Gasteiger partial charge in [-0.1, -0.05) is 19.3 Å². The summed E-state index contributed by atoms with van der Waals surface area (Å²) in [5.74, 6) is -1.45. The summed E-state index contributed by atoms with van der Waals surface area (Å²) in [4.78, 5) is 12.1. The van der Waals surface area contributed by atoms with E-state index in [4.69, 9.17) is 0 Å². The Bertz CT molecular complexity index is 492. The standard InChI is InChI=1S/C13H13F2NO/c14-8-6-9-11(10(15)7-8)16-12(17)13(9)4-2-1-3-5-13/h6-7H,1-5H2,(H,16,17). The van der Waals surface area contributed by atoms with E-state index in [0.717, 1.165) is 25.3 Å². The summed E-state index contributed by atoms with van der Waals surface area (Å²) in [7, 11) is 0. The molecular weight excluding hydrogens is 224 g/mol. The molecule has 90 valence electrons. The minimum Gasteiger partial charge on any atom is -0.323 e. The Morgan fingerprint density at radius 2 is 1.82 bits per heavy atom. The number of benzene rings is 1. The maximum absolute atomic E-state index is 13.6. The van der Waals surface area contributed by atoms with Crippen molar-refractivity contribution in [1.29, 1.82) is 0 Å². The van der Waals surface area contributed by atoms with Gasteiger partial charge >= 0.3 is 0 Å². The molecule has 1 spiro atoms.